The molecule has 0 aromatic heterocycles. The van der Waals surface area contributed by atoms with E-state index in [4.69, 9.17) is 0 Å². The second-order valence-electron chi connectivity index (χ2n) is 5.29. The van der Waals surface area contributed by atoms with Gasteiger partial charge in [-0.15, -0.1) is 0 Å². The molecule has 14 heteroatoms. The Morgan fingerprint density at radius 2 is 1.03 bits per heavy atom. The second-order valence-corrected chi connectivity index (χ2v) is 5.29. The van der Waals surface area contributed by atoms with E-state index in [9.17, 15) is 57.9 Å². The van der Waals surface area contributed by atoms with Crippen LogP contribution >= 0.6 is 0 Å². The maximum absolute atomic E-state index is 14.3. The zero-order chi connectivity index (χ0) is 22.5. The minimum Gasteiger partial charge on any atom is -0.467 e. The predicted molar refractivity (Wildman–Crippen MR) is 71.0 cm³/mol. The van der Waals surface area contributed by atoms with Crippen LogP contribution in [-0.4, -0.2) is 31.0 Å². The normalized spacial score (nSPS) is 12.6. The Morgan fingerprint density at radius 3 is 1.45 bits per heavy atom. The lowest BCUT2D eigenvalue weighted by atomic mass is 10.00. The molecule has 0 atom stereocenters. The molecule has 0 aliphatic rings. The summed E-state index contributed by atoms with van der Waals surface area (Å²) in [4.78, 5) is 21.5. The molecule has 0 aliphatic heterocycles. The third-order valence-corrected chi connectivity index (χ3v) is 3.54. The molecule has 2 rings (SSSR count). The quantitative estimate of drug-likeness (QED) is 0.381. The molecule has 0 bridgehead atoms. The van der Waals surface area contributed by atoms with E-state index in [-0.39, 0.29) is 0 Å². The summed E-state index contributed by atoms with van der Waals surface area (Å²) >= 11 is 0. The molecule has 158 valence electrons. The van der Waals surface area contributed by atoms with Crippen molar-refractivity contribution in [2.75, 3.05) is 0 Å². The lowest BCUT2D eigenvalue weighted by Crippen LogP contribution is -2.46. The number of carbonyl (C=O) groups excluding carboxylic acids is 2. The van der Waals surface area contributed by atoms with Crippen LogP contribution in [0.3, 0.4) is 0 Å². The highest BCUT2D eigenvalue weighted by Crippen LogP contribution is 2.43. The van der Waals surface area contributed by atoms with Crippen LogP contribution in [0.15, 0.2) is 0 Å². The number of rotatable bonds is 4. The highest BCUT2D eigenvalue weighted by molar-refractivity contribution is 5.98. The zero-order valence-electron chi connectivity index (χ0n) is 13.1. The molecule has 0 spiro atoms. The highest BCUT2D eigenvalue weighted by atomic mass is 19.4. The van der Waals surface area contributed by atoms with Gasteiger partial charge in [-0.2, -0.15) is 26.3 Å². The van der Waals surface area contributed by atoms with Gasteiger partial charge in [0.25, 0.3) is 6.10 Å². The third-order valence-electron chi connectivity index (χ3n) is 3.54. The number of aldehydes is 2. The maximum Gasteiger partial charge on any atom is 0.434 e. The number of alkyl halides is 6. The molecular weight excluding hydrogens is 437 g/mol. The fourth-order valence-electron chi connectivity index (χ4n) is 2.32. The number of fused-ring (bicyclic) bond motifs is 1. The van der Waals surface area contributed by atoms with Gasteiger partial charge in [0.1, 0.15) is 11.6 Å². The Hall–Kier alpha value is -2.93. The van der Waals surface area contributed by atoms with Gasteiger partial charge in [0.2, 0.25) is 0 Å². The van der Waals surface area contributed by atoms with Gasteiger partial charge in [-0.25, -0.2) is 22.0 Å². The van der Waals surface area contributed by atoms with Gasteiger partial charge in [0.15, 0.2) is 35.8 Å². The summed E-state index contributed by atoms with van der Waals surface area (Å²) in [6.45, 7) is 0. The van der Waals surface area contributed by atoms with E-state index in [2.05, 4.69) is 4.74 Å². The molecule has 29 heavy (non-hydrogen) atoms. The number of benzene rings is 2. The van der Waals surface area contributed by atoms with Crippen molar-refractivity contribution in [3.8, 4) is 5.75 Å². The Kier molecular flexibility index (Phi) is 5.51. The summed E-state index contributed by atoms with van der Waals surface area (Å²) in [5.41, 5.74) is -3.86. The number of hydrogen-bond donors (Lipinski definition) is 0. The third kappa shape index (κ3) is 3.58. The Balaban J connectivity index is 3.07. The molecule has 2 aromatic carbocycles. The molecular formula is C15H3F11O3. The van der Waals surface area contributed by atoms with Gasteiger partial charge in [-0.3, -0.25) is 9.59 Å². The second kappa shape index (κ2) is 7.15. The first-order valence-electron chi connectivity index (χ1n) is 6.89. The number of carbonyl (C=O) groups is 2. The summed E-state index contributed by atoms with van der Waals surface area (Å²) in [5.74, 6) is -14.6. The fourth-order valence-corrected chi connectivity index (χ4v) is 2.32. The molecule has 0 aliphatic carbocycles. The highest BCUT2D eigenvalue weighted by Gasteiger charge is 2.59. The van der Waals surface area contributed by atoms with Crippen LogP contribution in [0.4, 0.5) is 48.3 Å². The lowest BCUT2D eigenvalue weighted by Gasteiger charge is -2.25. The van der Waals surface area contributed by atoms with Gasteiger partial charge < -0.3 is 4.74 Å². The van der Waals surface area contributed by atoms with E-state index >= 15 is 0 Å². The van der Waals surface area contributed by atoms with Gasteiger partial charge >= 0.3 is 12.4 Å². The van der Waals surface area contributed by atoms with Gasteiger partial charge in [0.05, 0.1) is 21.9 Å². The van der Waals surface area contributed by atoms with Crippen LogP contribution in [0.5, 0.6) is 5.75 Å². The first kappa shape index (κ1) is 22.4. The van der Waals surface area contributed by atoms with E-state index in [1.807, 2.05) is 0 Å². The smallest absolute Gasteiger partial charge is 0.434 e. The molecule has 0 N–H and O–H groups in total. The summed E-state index contributed by atoms with van der Waals surface area (Å²) in [6.07, 6.45) is -18.9. The van der Waals surface area contributed by atoms with E-state index in [1.54, 1.807) is 0 Å². The molecule has 0 saturated carbocycles. The van der Waals surface area contributed by atoms with Crippen molar-refractivity contribution >= 4 is 23.3 Å². The molecule has 2 aromatic rings. The van der Waals surface area contributed by atoms with Crippen LogP contribution in [0.25, 0.3) is 10.8 Å². The van der Waals surface area contributed by atoms with Crippen molar-refractivity contribution in [3.05, 3.63) is 40.2 Å². The monoisotopic (exact) mass is 440 g/mol. The molecule has 0 fully saturated rings. The number of hydrogen-bond acceptors (Lipinski definition) is 3. The Morgan fingerprint density at radius 1 is 0.621 bits per heavy atom. The predicted octanol–water partition coefficient (Wildman–Crippen LogP) is 5.03. The van der Waals surface area contributed by atoms with Gasteiger partial charge in [0, 0.05) is 0 Å². The largest absolute Gasteiger partial charge is 0.467 e. The van der Waals surface area contributed by atoms with Crippen LogP contribution < -0.4 is 4.74 Å². The van der Waals surface area contributed by atoms with E-state index < -0.39 is 87.8 Å². The summed E-state index contributed by atoms with van der Waals surface area (Å²) in [6, 6.07) is 0. The Labute approximate surface area is 151 Å². The van der Waals surface area contributed by atoms with E-state index in [0.29, 0.717) is 0 Å². The summed E-state index contributed by atoms with van der Waals surface area (Å²) in [5, 5.41) is -4.11. The first-order chi connectivity index (χ1) is 13.2. The minimum absolute atomic E-state index is 0.745. The molecule has 0 heterocycles. The average molecular weight is 440 g/mol. The number of ether oxygens (including phenoxy) is 1. The standard InChI is InChI=1S/C15H3F11O3/c16-7-4(2-28)10(19)12(29-13(14(21,22)23)15(24,25)26)6-5(7)11(20)9(18)3(1-27)8(6)17/h1-2,13H. The summed E-state index contributed by atoms with van der Waals surface area (Å²) < 4.78 is 150. The van der Waals surface area contributed by atoms with Crippen molar-refractivity contribution in [3.63, 3.8) is 0 Å². The molecule has 0 unspecified atom stereocenters. The first-order valence-corrected chi connectivity index (χ1v) is 6.89. The van der Waals surface area contributed by atoms with Gasteiger partial charge in [-0.05, 0) is 0 Å². The van der Waals surface area contributed by atoms with Crippen molar-refractivity contribution in [1.82, 2.24) is 0 Å². The van der Waals surface area contributed by atoms with Crippen LogP contribution in [-0.2, 0) is 0 Å². The molecule has 3 nitrogen and oxygen atoms in total. The molecule has 0 radical (unpaired) electrons. The van der Waals surface area contributed by atoms with Crippen molar-refractivity contribution in [1.29, 1.82) is 0 Å². The van der Waals surface area contributed by atoms with Crippen molar-refractivity contribution in [2.24, 2.45) is 0 Å². The van der Waals surface area contributed by atoms with Crippen molar-refractivity contribution < 1.29 is 62.6 Å². The SMILES string of the molecule is O=Cc1c(F)c(OC(C(F)(F)F)C(F)(F)F)c2c(F)c(C=O)c(F)c(F)c2c1F. The van der Waals surface area contributed by atoms with E-state index in [1.165, 1.54) is 0 Å². The Bertz CT molecular complexity index is 994. The van der Waals surface area contributed by atoms with Gasteiger partial charge in [-0.1, -0.05) is 0 Å². The summed E-state index contributed by atoms with van der Waals surface area (Å²) in [7, 11) is 0. The minimum atomic E-state index is -6.28. The zero-order valence-corrected chi connectivity index (χ0v) is 13.1. The average Bonchev–Trinajstić information content (AvgIpc) is 2.57. The van der Waals surface area contributed by atoms with Crippen molar-refractivity contribution in [2.45, 2.75) is 18.5 Å². The van der Waals surface area contributed by atoms with Crippen LogP contribution in [0.2, 0.25) is 0 Å². The molecule has 0 saturated heterocycles. The number of halogens is 11. The molecule has 0 amide bonds. The topological polar surface area (TPSA) is 43.4 Å². The lowest BCUT2D eigenvalue weighted by molar-refractivity contribution is -0.300. The maximum atomic E-state index is 14.3. The van der Waals surface area contributed by atoms with Crippen LogP contribution in [0, 0.1) is 29.1 Å². The van der Waals surface area contributed by atoms with E-state index in [0.717, 1.165) is 0 Å². The van der Waals surface area contributed by atoms with Crippen LogP contribution in [0.1, 0.15) is 20.7 Å². The fraction of sp³-hybridized carbons (Fsp3) is 0.200.